The third-order valence-electron chi connectivity index (χ3n) is 5.29. The first kappa shape index (κ1) is 22.8. The number of hydrogen-bond donors (Lipinski definition) is 0. The molecule has 1 heterocycles. The smallest absolute Gasteiger partial charge is 0.188 e. The standard InChI is InChI=1S/C25H35N2O2P/c1-19-15-21(25(2,3)4)24(29-18-28-5)23(16-19)30-22-12-8-7-11-20(22)17-26-27-13-9-6-10-14-27/h7-8,11-12,15-17,30H,6,9-10,13-14,18H2,1-5H3. The molecule has 0 radical (unpaired) electrons. The van der Waals surface area contributed by atoms with Crippen molar-refractivity contribution >= 4 is 25.4 Å². The zero-order chi connectivity index (χ0) is 21.6. The van der Waals surface area contributed by atoms with E-state index in [9.17, 15) is 0 Å². The molecular weight excluding hydrogens is 391 g/mol. The number of hydrogen-bond acceptors (Lipinski definition) is 4. The summed E-state index contributed by atoms with van der Waals surface area (Å²) in [6.07, 6.45) is 5.82. The maximum absolute atomic E-state index is 6.11. The van der Waals surface area contributed by atoms with Crippen LogP contribution in [0.4, 0.5) is 0 Å². The Balaban J connectivity index is 1.94. The van der Waals surface area contributed by atoms with Crippen molar-refractivity contribution in [2.75, 3.05) is 27.0 Å². The first-order valence-electron chi connectivity index (χ1n) is 10.8. The molecule has 2 aromatic carbocycles. The van der Waals surface area contributed by atoms with Gasteiger partial charge in [0.2, 0.25) is 0 Å². The topological polar surface area (TPSA) is 34.1 Å². The summed E-state index contributed by atoms with van der Waals surface area (Å²) in [6.45, 7) is 11.2. The maximum atomic E-state index is 6.11. The number of hydrazone groups is 1. The average molecular weight is 427 g/mol. The van der Waals surface area contributed by atoms with Crippen molar-refractivity contribution in [3.05, 3.63) is 53.1 Å². The minimum absolute atomic E-state index is 0.0104. The first-order chi connectivity index (χ1) is 14.4. The molecule has 0 saturated carbocycles. The second-order valence-electron chi connectivity index (χ2n) is 8.96. The van der Waals surface area contributed by atoms with Gasteiger partial charge in [0.15, 0.2) is 6.79 Å². The van der Waals surface area contributed by atoms with E-state index in [1.165, 1.54) is 46.6 Å². The van der Waals surface area contributed by atoms with Gasteiger partial charge >= 0.3 is 0 Å². The predicted molar refractivity (Wildman–Crippen MR) is 129 cm³/mol. The van der Waals surface area contributed by atoms with Gasteiger partial charge in [-0.2, -0.15) is 5.10 Å². The molecule has 30 heavy (non-hydrogen) atoms. The minimum Gasteiger partial charge on any atom is -0.467 e. The Labute approximate surface area is 183 Å². The van der Waals surface area contributed by atoms with E-state index in [-0.39, 0.29) is 12.2 Å². The van der Waals surface area contributed by atoms with E-state index < -0.39 is 0 Å². The Bertz CT molecular complexity index is 868. The van der Waals surface area contributed by atoms with Crippen LogP contribution in [0.3, 0.4) is 0 Å². The van der Waals surface area contributed by atoms with Crippen molar-refractivity contribution in [1.82, 2.24) is 5.01 Å². The molecule has 0 aliphatic carbocycles. The van der Waals surface area contributed by atoms with Crippen molar-refractivity contribution in [3.8, 4) is 5.75 Å². The lowest BCUT2D eigenvalue weighted by molar-refractivity contribution is 0.0506. The molecule has 1 unspecified atom stereocenters. The highest BCUT2D eigenvalue weighted by molar-refractivity contribution is 7.56. The van der Waals surface area contributed by atoms with E-state index >= 15 is 0 Å². The van der Waals surface area contributed by atoms with Gasteiger partial charge in [-0.05, 0) is 48.5 Å². The van der Waals surface area contributed by atoms with Gasteiger partial charge in [-0.3, -0.25) is 5.01 Å². The number of benzene rings is 2. The van der Waals surface area contributed by atoms with Gasteiger partial charge in [0.05, 0.1) is 6.21 Å². The molecule has 1 fully saturated rings. The van der Waals surface area contributed by atoms with Gasteiger partial charge in [0, 0.05) is 36.6 Å². The van der Waals surface area contributed by atoms with E-state index in [0.717, 1.165) is 18.8 Å². The van der Waals surface area contributed by atoms with E-state index in [1.807, 2.05) is 6.21 Å². The SMILES string of the molecule is COCOc1c(Pc2ccccc2C=NN2CCCCC2)cc(C)cc1C(C)(C)C. The zero-order valence-corrected chi connectivity index (χ0v) is 20.0. The molecule has 0 N–H and O–H groups in total. The summed E-state index contributed by atoms with van der Waals surface area (Å²) in [5.41, 5.74) is 3.65. The normalized spacial score (nSPS) is 15.4. The summed E-state index contributed by atoms with van der Waals surface area (Å²) in [5.74, 6) is 0.955. The van der Waals surface area contributed by atoms with Crippen molar-refractivity contribution in [3.63, 3.8) is 0 Å². The molecular formula is C25H35N2O2P. The van der Waals surface area contributed by atoms with E-state index in [2.05, 4.69) is 69.1 Å². The lowest BCUT2D eigenvalue weighted by Gasteiger charge is -2.26. The second kappa shape index (κ2) is 10.4. The molecule has 1 aliphatic rings. The van der Waals surface area contributed by atoms with Gasteiger partial charge in [-0.1, -0.05) is 59.7 Å². The summed E-state index contributed by atoms with van der Waals surface area (Å²) < 4.78 is 11.3. The molecule has 1 saturated heterocycles. The van der Waals surface area contributed by atoms with Crippen LogP contribution in [-0.4, -0.2) is 38.2 Å². The average Bonchev–Trinajstić information content (AvgIpc) is 2.72. The van der Waals surface area contributed by atoms with E-state index in [1.54, 1.807) is 7.11 Å². The summed E-state index contributed by atoms with van der Waals surface area (Å²) in [7, 11) is 2.15. The molecule has 5 heteroatoms. The monoisotopic (exact) mass is 426 g/mol. The Hall–Kier alpha value is -1.90. The highest BCUT2D eigenvalue weighted by atomic mass is 31.1. The second-order valence-corrected chi connectivity index (χ2v) is 10.3. The quantitative estimate of drug-likeness (QED) is 0.365. The Morgan fingerprint density at radius 1 is 1.07 bits per heavy atom. The fraction of sp³-hybridized carbons (Fsp3) is 0.480. The number of aryl methyl sites for hydroxylation is 1. The number of methoxy groups -OCH3 is 1. The Morgan fingerprint density at radius 2 is 1.80 bits per heavy atom. The minimum atomic E-state index is -0.0104. The van der Waals surface area contributed by atoms with Gasteiger partial charge in [-0.15, -0.1) is 0 Å². The molecule has 1 aliphatic heterocycles. The molecule has 2 aromatic rings. The first-order valence-corrected chi connectivity index (χ1v) is 11.8. The number of rotatable bonds is 7. The Kier molecular flexibility index (Phi) is 7.91. The third-order valence-corrected chi connectivity index (χ3v) is 6.65. The maximum Gasteiger partial charge on any atom is 0.188 e. The largest absolute Gasteiger partial charge is 0.467 e. The van der Waals surface area contributed by atoms with Crippen LogP contribution in [-0.2, 0) is 10.2 Å². The van der Waals surface area contributed by atoms with E-state index in [0.29, 0.717) is 8.58 Å². The highest BCUT2D eigenvalue weighted by Gasteiger charge is 2.23. The van der Waals surface area contributed by atoms with Crippen LogP contribution in [0, 0.1) is 6.92 Å². The van der Waals surface area contributed by atoms with E-state index in [4.69, 9.17) is 14.6 Å². The van der Waals surface area contributed by atoms with Gasteiger partial charge in [0.25, 0.3) is 0 Å². The molecule has 0 bridgehead atoms. The molecule has 0 spiro atoms. The Morgan fingerprint density at radius 3 is 2.50 bits per heavy atom. The van der Waals surface area contributed by atoms with Gasteiger partial charge in [-0.25, -0.2) is 0 Å². The van der Waals surface area contributed by atoms with Crippen LogP contribution in [0.1, 0.15) is 56.7 Å². The summed E-state index contributed by atoms with van der Waals surface area (Å²) >= 11 is 0. The van der Waals surface area contributed by atoms with Gasteiger partial charge < -0.3 is 9.47 Å². The molecule has 0 amide bonds. The number of ether oxygens (including phenoxy) is 2. The molecule has 4 nitrogen and oxygen atoms in total. The third kappa shape index (κ3) is 6.06. The van der Waals surface area contributed by atoms with Crippen LogP contribution in [0.25, 0.3) is 0 Å². The summed E-state index contributed by atoms with van der Waals surface area (Å²) in [6, 6.07) is 13.0. The van der Waals surface area contributed by atoms with Crippen molar-refractivity contribution in [2.24, 2.45) is 5.10 Å². The van der Waals surface area contributed by atoms with Crippen LogP contribution in [0.5, 0.6) is 5.75 Å². The van der Waals surface area contributed by atoms with Crippen molar-refractivity contribution < 1.29 is 9.47 Å². The van der Waals surface area contributed by atoms with Crippen LogP contribution in [0.2, 0.25) is 0 Å². The fourth-order valence-corrected chi connectivity index (χ4v) is 5.08. The number of nitrogens with zero attached hydrogens (tertiary/aromatic N) is 2. The highest BCUT2D eigenvalue weighted by Crippen LogP contribution is 2.34. The lowest BCUT2D eigenvalue weighted by Crippen LogP contribution is -2.25. The van der Waals surface area contributed by atoms with Crippen molar-refractivity contribution in [1.29, 1.82) is 0 Å². The lowest BCUT2D eigenvalue weighted by atomic mass is 9.85. The van der Waals surface area contributed by atoms with Crippen LogP contribution >= 0.6 is 8.58 Å². The summed E-state index contributed by atoms with van der Waals surface area (Å²) in [4.78, 5) is 0. The molecule has 0 aromatic heterocycles. The molecule has 1 atom stereocenters. The van der Waals surface area contributed by atoms with Crippen LogP contribution < -0.4 is 15.3 Å². The summed E-state index contributed by atoms with van der Waals surface area (Å²) in [5, 5.41) is 9.46. The molecule has 3 rings (SSSR count). The fourth-order valence-electron chi connectivity index (χ4n) is 3.70. The molecule has 162 valence electrons. The van der Waals surface area contributed by atoms with Crippen molar-refractivity contribution in [2.45, 2.75) is 52.4 Å². The number of piperidine rings is 1. The van der Waals surface area contributed by atoms with Gasteiger partial charge in [0.1, 0.15) is 5.75 Å². The predicted octanol–water partition coefficient (Wildman–Crippen LogP) is 4.72. The zero-order valence-electron chi connectivity index (χ0n) is 19.0. The van der Waals surface area contributed by atoms with Crippen LogP contribution in [0.15, 0.2) is 41.5 Å².